The first-order chi connectivity index (χ1) is 5.17. The highest BCUT2D eigenvalue weighted by Gasteiger charge is 2.24. The number of nitrogens with zero attached hydrogens (tertiary/aromatic N) is 2. The number of hydrogen-bond donors (Lipinski definition) is 0. The predicted octanol–water partition coefficient (Wildman–Crippen LogP) is 2.15. The summed E-state index contributed by atoms with van der Waals surface area (Å²) >= 11 is 0. The van der Waals surface area contributed by atoms with Gasteiger partial charge in [-0.3, -0.25) is 0 Å². The molecule has 0 aliphatic carbocycles. The zero-order valence-corrected chi connectivity index (χ0v) is 7.29. The van der Waals surface area contributed by atoms with E-state index in [1.165, 1.54) is 6.39 Å². The Labute approximate surface area is 66.8 Å². The average Bonchev–Trinajstić information content (AvgIpc) is 2.37. The van der Waals surface area contributed by atoms with Crippen molar-refractivity contribution in [2.24, 2.45) is 0 Å². The summed E-state index contributed by atoms with van der Waals surface area (Å²) in [6.07, 6.45) is 3.59. The van der Waals surface area contributed by atoms with E-state index in [0.29, 0.717) is 0 Å². The molecule has 3 heteroatoms. The standard InChI is InChI=1S/C8H14N2O/c1-4-5-8(2,3)7-10-9-6-11-7/h6H,4-5H2,1-3H3. The van der Waals surface area contributed by atoms with Crippen molar-refractivity contribution < 1.29 is 4.42 Å². The van der Waals surface area contributed by atoms with Crippen molar-refractivity contribution in [2.45, 2.75) is 39.0 Å². The summed E-state index contributed by atoms with van der Waals surface area (Å²) in [5, 5.41) is 7.54. The maximum atomic E-state index is 5.13. The molecule has 0 aliphatic rings. The van der Waals surface area contributed by atoms with E-state index in [2.05, 4.69) is 31.0 Å². The Morgan fingerprint density at radius 3 is 2.73 bits per heavy atom. The second-order valence-electron chi connectivity index (χ2n) is 3.38. The van der Waals surface area contributed by atoms with Crippen LogP contribution in [-0.2, 0) is 5.41 Å². The van der Waals surface area contributed by atoms with Gasteiger partial charge in [0.2, 0.25) is 12.3 Å². The van der Waals surface area contributed by atoms with Gasteiger partial charge in [0.15, 0.2) is 0 Å². The topological polar surface area (TPSA) is 38.9 Å². The fourth-order valence-electron chi connectivity index (χ4n) is 1.20. The van der Waals surface area contributed by atoms with Crippen LogP contribution in [-0.4, -0.2) is 10.2 Å². The van der Waals surface area contributed by atoms with E-state index in [4.69, 9.17) is 4.42 Å². The molecule has 0 aliphatic heterocycles. The van der Waals surface area contributed by atoms with E-state index in [1.54, 1.807) is 0 Å². The Morgan fingerprint density at radius 1 is 1.55 bits per heavy atom. The summed E-state index contributed by atoms with van der Waals surface area (Å²) in [4.78, 5) is 0. The van der Waals surface area contributed by atoms with Gasteiger partial charge in [0.25, 0.3) is 0 Å². The molecule has 1 aromatic heterocycles. The van der Waals surface area contributed by atoms with E-state index in [1.807, 2.05) is 0 Å². The van der Waals surface area contributed by atoms with Crippen LogP contribution in [0.2, 0.25) is 0 Å². The normalized spacial score (nSPS) is 11.9. The van der Waals surface area contributed by atoms with Gasteiger partial charge in [-0.1, -0.05) is 27.2 Å². The van der Waals surface area contributed by atoms with Gasteiger partial charge in [-0.2, -0.15) is 0 Å². The third-order valence-electron chi connectivity index (χ3n) is 1.81. The van der Waals surface area contributed by atoms with E-state index in [9.17, 15) is 0 Å². The van der Waals surface area contributed by atoms with Crippen molar-refractivity contribution in [3.63, 3.8) is 0 Å². The monoisotopic (exact) mass is 154 g/mol. The van der Waals surface area contributed by atoms with Crippen LogP contribution in [0.25, 0.3) is 0 Å². The fraction of sp³-hybridized carbons (Fsp3) is 0.750. The Balaban J connectivity index is 2.73. The van der Waals surface area contributed by atoms with E-state index >= 15 is 0 Å². The molecule has 0 N–H and O–H groups in total. The highest BCUT2D eigenvalue weighted by molar-refractivity contribution is 4.96. The lowest BCUT2D eigenvalue weighted by atomic mass is 9.88. The smallest absolute Gasteiger partial charge is 0.221 e. The van der Waals surface area contributed by atoms with Crippen LogP contribution in [0.1, 0.15) is 39.5 Å². The highest BCUT2D eigenvalue weighted by atomic mass is 16.4. The molecule has 0 unspecified atom stereocenters. The summed E-state index contributed by atoms with van der Waals surface area (Å²) in [6, 6.07) is 0. The molecule has 1 aromatic rings. The Bertz CT molecular complexity index is 204. The zero-order valence-electron chi connectivity index (χ0n) is 7.29. The molecule has 0 saturated carbocycles. The second kappa shape index (κ2) is 3.03. The van der Waals surface area contributed by atoms with Gasteiger partial charge in [-0.05, 0) is 6.42 Å². The SMILES string of the molecule is CCCC(C)(C)c1nnco1. The summed E-state index contributed by atoms with van der Waals surface area (Å²) < 4.78 is 5.13. The van der Waals surface area contributed by atoms with Crippen molar-refractivity contribution in [1.82, 2.24) is 10.2 Å². The summed E-state index contributed by atoms with van der Waals surface area (Å²) in [5.74, 6) is 0.736. The molecule has 0 saturated heterocycles. The second-order valence-corrected chi connectivity index (χ2v) is 3.38. The number of hydrogen-bond acceptors (Lipinski definition) is 3. The van der Waals surface area contributed by atoms with Gasteiger partial charge in [-0.25, -0.2) is 0 Å². The first-order valence-electron chi connectivity index (χ1n) is 3.93. The minimum absolute atomic E-state index is 0.0330. The predicted molar refractivity (Wildman–Crippen MR) is 42.2 cm³/mol. The van der Waals surface area contributed by atoms with Gasteiger partial charge < -0.3 is 4.42 Å². The van der Waals surface area contributed by atoms with Crippen LogP contribution >= 0.6 is 0 Å². The molecule has 0 fully saturated rings. The van der Waals surface area contributed by atoms with Gasteiger partial charge in [0.05, 0.1) is 0 Å². The lowest BCUT2D eigenvalue weighted by Gasteiger charge is -2.18. The summed E-state index contributed by atoms with van der Waals surface area (Å²) in [5.41, 5.74) is 0.0330. The van der Waals surface area contributed by atoms with Crippen molar-refractivity contribution in [3.05, 3.63) is 12.3 Å². The Hall–Kier alpha value is -0.860. The number of aromatic nitrogens is 2. The molecular weight excluding hydrogens is 140 g/mol. The van der Waals surface area contributed by atoms with Crippen LogP contribution in [0, 0.1) is 0 Å². The average molecular weight is 154 g/mol. The van der Waals surface area contributed by atoms with Crippen molar-refractivity contribution >= 4 is 0 Å². The first kappa shape index (κ1) is 8.24. The number of rotatable bonds is 3. The van der Waals surface area contributed by atoms with Crippen LogP contribution in [0.15, 0.2) is 10.8 Å². The van der Waals surface area contributed by atoms with E-state index in [-0.39, 0.29) is 5.41 Å². The van der Waals surface area contributed by atoms with Crippen LogP contribution in [0.3, 0.4) is 0 Å². The lowest BCUT2D eigenvalue weighted by molar-refractivity contribution is 0.347. The molecular formula is C8H14N2O. The molecule has 0 bridgehead atoms. The largest absolute Gasteiger partial charge is 0.427 e. The van der Waals surface area contributed by atoms with Crippen molar-refractivity contribution in [3.8, 4) is 0 Å². The molecule has 0 aromatic carbocycles. The van der Waals surface area contributed by atoms with Crippen LogP contribution < -0.4 is 0 Å². The first-order valence-corrected chi connectivity index (χ1v) is 3.93. The summed E-state index contributed by atoms with van der Waals surface area (Å²) in [7, 11) is 0. The van der Waals surface area contributed by atoms with E-state index < -0.39 is 0 Å². The summed E-state index contributed by atoms with van der Waals surface area (Å²) in [6.45, 7) is 6.38. The minimum atomic E-state index is 0.0330. The van der Waals surface area contributed by atoms with Gasteiger partial charge in [-0.15, -0.1) is 10.2 Å². The zero-order chi connectivity index (χ0) is 8.32. The van der Waals surface area contributed by atoms with Crippen molar-refractivity contribution in [1.29, 1.82) is 0 Å². The molecule has 3 nitrogen and oxygen atoms in total. The molecule has 11 heavy (non-hydrogen) atoms. The van der Waals surface area contributed by atoms with Crippen LogP contribution in [0.5, 0.6) is 0 Å². The van der Waals surface area contributed by atoms with E-state index in [0.717, 1.165) is 18.7 Å². The van der Waals surface area contributed by atoms with Crippen molar-refractivity contribution in [2.75, 3.05) is 0 Å². The molecule has 0 amide bonds. The van der Waals surface area contributed by atoms with Crippen LogP contribution in [0.4, 0.5) is 0 Å². The van der Waals surface area contributed by atoms with Gasteiger partial charge in [0, 0.05) is 5.41 Å². The molecule has 0 radical (unpaired) electrons. The molecule has 1 rings (SSSR count). The third kappa shape index (κ3) is 1.79. The fourth-order valence-corrected chi connectivity index (χ4v) is 1.20. The third-order valence-corrected chi connectivity index (χ3v) is 1.81. The lowest BCUT2D eigenvalue weighted by Crippen LogP contribution is -2.16. The van der Waals surface area contributed by atoms with Gasteiger partial charge >= 0.3 is 0 Å². The van der Waals surface area contributed by atoms with Gasteiger partial charge in [0.1, 0.15) is 0 Å². The Kier molecular flexibility index (Phi) is 2.27. The molecule has 62 valence electrons. The maximum absolute atomic E-state index is 5.13. The highest BCUT2D eigenvalue weighted by Crippen LogP contribution is 2.25. The maximum Gasteiger partial charge on any atom is 0.221 e. The molecule has 0 atom stereocenters. The Morgan fingerprint density at radius 2 is 2.27 bits per heavy atom. The quantitative estimate of drug-likeness (QED) is 0.669. The molecule has 1 heterocycles. The minimum Gasteiger partial charge on any atom is -0.427 e. The molecule has 0 spiro atoms.